The maximum Gasteiger partial charge on any atom is 0.106 e. The summed E-state index contributed by atoms with van der Waals surface area (Å²) in [6, 6.07) is 2.05. The van der Waals surface area contributed by atoms with Gasteiger partial charge in [0.1, 0.15) is 4.60 Å². The Labute approximate surface area is 89.8 Å². The maximum atomic E-state index is 4.12. The second-order valence-corrected chi connectivity index (χ2v) is 5.40. The van der Waals surface area contributed by atoms with Gasteiger partial charge in [0.05, 0.1) is 0 Å². The van der Waals surface area contributed by atoms with Crippen molar-refractivity contribution in [3.8, 4) is 0 Å². The van der Waals surface area contributed by atoms with Gasteiger partial charge in [-0.25, -0.2) is 4.98 Å². The van der Waals surface area contributed by atoms with Crippen molar-refractivity contribution in [2.75, 3.05) is 0 Å². The van der Waals surface area contributed by atoms with Gasteiger partial charge in [0.15, 0.2) is 0 Å². The predicted molar refractivity (Wildman–Crippen MR) is 58.3 cm³/mol. The van der Waals surface area contributed by atoms with Gasteiger partial charge in [-0.3, -0.25) is 0 Å². The molecule has 1 nitrogen and oxygen atoms in total. The van der Waals surface area contributed by atoms with E-state index in [9.17, 15) is 0 Å². The summed E-state index contributed by atoms with van der Waals surface area (Å²) in [7, 11) is 0. The Morgan fingerprint density at radius 1 is 1.25 bits per heavy atom. The van der Waals surface area contributed by atoms with Crippen molar-refractivity contribution in [2.24, 2.45) is 0 Å². The number of hydrogen-bond donors (Lipinski definition) is 0. The monoisotopic (exact) mass is 291 g/mol. The van der Waals surface area contributed by atoms with Gasteiger partial charge < -0.3 is 0 Å². The van der Waals surface area contributed by atoms with Crippen molar-refractivity contribution in [3.63, 3.8) is 0 Å². The maximum absolute atomic E-state index is 4.12. The Morgan fingerprint density at radius 3 is 2.25 bits per heavy atom. The van der Waals surface area contributed by atoms with E-state index in [1.54, 1.807) is 0 Å². The van der Waals surface area contributed by atoms with Crippen LogP contribution < -0.4 is 0 Å². The van der Waals surface area contributed by atoms with E-state index in [4.69, 9.17) is 0 Å². The van der Waals surface area contributed by atoms with Crippen LogP contribution in [0, 0.1) is 0 Å². The molecule has 1 rings (SSSR count). The SMILES string of the molecule is CC(C)(C)c1cc(Br)ncc1Br. The topological polar surface area (TPSA) is 12.9 Å². The Morgan fingerprint density at radius 2 is 1.83 bits per heavy atom. The van der Waals surface area contributed by atoms with Crippen LogP contribution in [0.4, 0.5) is 0 Å². The van der Waals surface area contributed by atoms with Crippen molar-refractivity contribution >= 4 is 31.9 Å². The predicted octanol–water partition coefficient (Wildman–Crippen LogP) is 3.90. The highest BCUT2D eigenvalue weighted by molar-refractivity contribution is 9.11. The molecule has 1 aromatic rings. The summed E-state index contributed by atoms with van der Waals surface area (Å²) in [6.07, 6.45) is 1.82. The smallest absolute Gasteiger partial charge is 0.106 e. The van der Waals surface area contributed by atoms with Gasteiger partial charge in [-0.05, 0) is 48.9 Å². The zero-order valence-corrected chi connectivity index (χ0v) is 10.5. The first-order valence-corrected chi connectivity index (χ1v) is 5.31. The molecule has 0 aliphatic heterocycles. The minimum atomic E-state index is 0.157. The summed E-state index contributed by atoms with van der Waals surface area (Å²) in [5, 5.41) is 0. The molecule has 0 fully saturated rings. The number of aromatic nitrogens is 1. The first-order valence-electron chi connectivity index (χ1n) is 3.73. The molecule has 66 valence electrons. The van der Waals surface area contributed by atoms with E-state index in [1.165, 1.54) is 5.56 Å². The zero-order valence-electron chi connectivity index (χ0n) is 7.36. The average Bonchev–Trinajstić information content (AvgIpc) is 1.92. The van der Waals surface area contributed by atoms with Crippen LogP contribution in [0.1, 0.15) is 26.3 Å². The van der Waals surface area contributed by atoms with E-state index >= 15 is 0 Å². The first kappa shape index (κ1) is 10.2. The molecule has 3 heteroatoms. The molecule has 0 spiro atoms. The van der Waals surface area contributed by atoms with Gasteiger partial charge in [-0.15, -0.1) is 0 Å². The second-order valence-electron chi connectivity index (χ2n) is 3.74. The van der Waals surface area contributed by atoms with Gasteiger partial charge in [0.25, 0.3) is 0 Å². The molecule has 0 aliphatic rings. The van der Waals surface area contributed by atoms with Gasteiger partial charge >= 0.3 is 0 Å². The minimum absolute atomic E-state index is 0.157. The van der Waals surface area contributed by atoms with Gasteiger partial charge in [-0.2, -0.15) is 0 Å². The first-order chi connectivity index (χ1) is 5.41. The molecule has 0 N–H and O–H groups in total. The molecule has 0 aromatic carbocycles. The zero-order chi connectivity index (χ0) is 9.35. The van der Waals surface area contributed by atoms with Crippen LogP contribution in [0.2, 0.25) is 0 Å². The fraction of sp³-hybridized carbons (Fsp3) is 0.444. The number of pyridine rings is 1. The van der Waals surface area contributed by atoms with Crippen LogP contribution in [0.25, 0.3) is 0 Å². The molecule has 0 aliphatic carbocycles. The highest BCUT2D eigenvalue weighted by Gasteiger charge is 2.17. The average molecular weight is 293 g/mol. The molecular formula is C9H11Br2N. The number of rotatable bonds is 0. The van der Waals surface area contributed by atoms with Crippen LogP contribution >= 0.6 is 31.9 Å². The third kappa shape index (κ3) is 2.30. The Kier molecular flexibility index (Phi) is 2.94. The lowest BCUT2D eigenvalue weighted by molar-refractivity contribution is 0.585. The summed E-state index contributed by atoms with van der Waals surface area (Å²) in [5.41, 5.74) is 1.42. The molecule has 1 aromatic heterocycles. The molecule has 0 atom stereocenters. The van der Waals surface area contributed by atoms with Crippen molar-refractivity contribution < 1.29 is 0 Å². The molecule has 0 bridgehead atoms. The summed E-state index contributed by atoms with van der Waals surface area (Å²) in [6.45, 7) is 6.54. The molecule has 12 heavy (non-hydrogen) atoms. The number of hydrogen-bond acceptors (Lipinski definition) is 1. The lowest BCUT2D eigenvalue weighted by atomic mass is 9.88. The molecule has 0 saturated heterocycles. The van der Waals surface area contributed by atoms with Crippen LogP contribution in [0.15, 0.2) is 21.3 Å². The summed E-state index contributed by atoms with van der Waals surface area (Å²) in [4.78, 5) is 4.12. The van der Waals surface area contributed by atoms with Gasteiger partial charge in [-0.1, -0.05) is 20.8 Å². The summed E-state index contributed by atoms with van der Waals surface area (Å²) in [5.74, 6) is 0. The van der Waals surface area contributed by atoms with Crippen LogP contribution in [0.5, 0.6) is 0 Å². The lowest BCUT2D eigenvalue weighted by Crippen LogP contribution is -2.12. The van der Waals surface area contributed by atoms with E-state index in [0.29, 0.717) is 0 Å². The van der Waals surface area contributed by atoms with E-state index < -0.39 is 0 Å². The fourth-order valence-electron chi connectivity index (χ4n) is 0.988. The largest absolute Gasteiger partial charge is 0.248 e. The highest BCUT2D eigenvalue weighted by atomic mass is 79.9. The standard InChI is InChI=1S/C9H11Br2N/c1-9(2,3)6-4-8(11)12-5-7(6)10/h4-5H,1-3H3. The molecule has 0 radical (unpaired) electrons. The van der Waals surface area contributed by atoms with Crippen molar-refractivity contribution in [1.82, 2.24) is 4.98 Å². The van der Waals surface area contributed by atoms with E-state index in [0.717, 1.165) is 9.08 Å². The van der Waals surface area contributed by atoms with Crippen molar-refractivity contribution in [3.05, 3.63) is 26.9 Å². The molecule has 0 saturated carbocycles. The normalized spacial score (nSPS) is 11.8. The van der Waals surface area contributed by atoms with E-state index in [-0.39, 0.29) is 5.41 Å². The fourth-order valence-corrected chi connectivity index (χ4v) is 2.13. The van der Waals surface area contributed by atoms with Crippen LogP contribution in [-0.2, 0) is 5.41 Å². The minimum Gasteiger partial charge on any atom is -0.248 e. The van der Waals surface area contributed by atoms with E-state index in [2.05, 4.69) is 57.6 Å². The van der Waals surface area contributed by atoms with E-state index in [1.807, 2.05) is 12.3 Å². The van der Waals surface area contributed by atoms with Gasteiger partial charge in [0, 0.05) is 10.7 Å². The molecular weight excluding hydrogens is 282 g/mol. The van der Waals surface area contributed by atoms with Crippen molar-refractivity contribution in [1.29, 1.82) is 0 Å². The third-order valence-electron chi connectivity index (χ3n) is 1.63. The van der Waals surface area contributed by atoms with Gasteiger partial charge in [0.2, 0.25) is 0 Å². The Hall–Kier alpha value is 0.110. The summed E-state index contributed by atoms with van der Waals surface area (Å²) < 4.78 is 1.95. The third-order valence-corrected chi connectivity index (χ3v) is 2.70. The highest BCUT2D eigenvalue weighted by Crippen LogP contribution is 2.30. The van der Waals surface area contributed by atoms with Crippen molar-refractivity contribution in [2.45, 2.75) is 26.2 Å². The number of halogens is 2. The molecule has 0 unspecified atom stereocenters. The lowest BCUT2D eigenvalue weighted by Gasteiger charge is -2.20. The summed E-state index contributed by atoms with van der Waals surface area (Å²) >= 11 is 6.84. The molecule has 1 heterocycles. The number of nitrogens with zero attached hydrogens (tertiary/aromatic N) is 1. The van der Waals surface area contributed by atoms with Crippen LogP contribution in [-0.4, -0.2) is 4.98 Å². The quantitative estimate of drug-likeness (QED) is 0.661. The Balaban J connectivity index is 3.23. The molecule has 0 amide bonds. The second kappa shape index (κ2) is 3.46. The van der Waals surface area contributed by atoms with Crippen LogP contribution in [0.3, 0.4) is 0 Å². The Bertz CT molecular complexity index is 289.